The molecule has 1 N–H and O–H groups in total. The average molecular weight is 320 g/mol. The van der Waals surface area contributed by atoms with Crippen molar-refractivity contribution >= 4 is 11.6 Å². The lowest BCUT2D eigenvalue weighted by molar-refractivity contribution is -0.141. The molecular weight excluding hydrogens is 310 g/mol. The maximum atomic E-state index is 13.7. The summed E-state index contributed by atoms with van der Waals surface area (Å²) < 4.78 is 51.2. The van der Waals surface area contributed by atoms with Crippen LogP contribution in [0.1, 0.15) is 28.5 Å². The van der Waals surface area contributed by atoms with Crippen LogP contribution in [0.15, 0.2) is 30.3 Å². The highest BCUT2D eigenvalue weighted by Crippen LogP contribution is 2.33. The van der Waals surface area contributed by atoms with Crippen LogP contribution >= 0.6 is 11.6 Å². The first-order valence-corrected chi connectivity index (χ1v) is 6.25. The molecule has 2 rings (SSSR count). The second-order valence-electron chi connectivity index (χ2n) is 4.50. The molecule has 0 saturated heterocycles. The van der Waals surface area contributed by atoms with Crippen LogP contribution in [-0.2, 0) is 6.18 Å². The number of alkyl halides is 3. The van der Waals surface area contributed by atoms with Crippen molar-refractivity contribution in [2.24, 2.45) is 0 Å². The van der Waals surface area contributed by atoms with Crippen LogP contribution in [0, 0.1) is 12.7 Å². The zero-order valence-corrected chi connectivity index (χ0v) is 11.5. The molecule has 2 aromatic rings. The summed E-state index contributed by atoms with van der Waals surface area (Å²) in [5, 5.41) is 9.61. The summed E-state index contributed by atoms with van der Waals surface area (Å²) >= 11 is 5.68. The average Bonchev–Trinajstić information content (AvgIpc) is 2.39. The van der Waals surface area contributed by atoms with Gasteiger partial charge in [0.2, 0.25) is 0 Å². The van der Waals surface area contributed by atoms with Gasteiger partial charge in [-0.15, -0.1) is 0 Å². The third-order valence-electron chi connectivity index (χ3n) is 2.91. The summed E-state index contributed by atoms with van der Waals surface area (Å²) in [6, 6.07) is 5.76. The van der Waals surface area contributed by atoms with Crippen molar-refractivity contribution < 1.29 is 22.7 Å². The fourth-order valence-corrected chi connectivity index (χ4v) is 2.10. The van der Waals surface area contributed by atoms with Gasteiger partial charge in [0.25, 0.3) is 0 Å². The maximum absolute atomic E-state index is 13.7. The minimum Gasteiger partial charge on any atom is -0.383 e. The summed E-state index contributed by atoms with van der Waals surface area (Å²) in [5.74, 6) is -0.677. The van der Waals surface area contributed by atoms with Gasteiger partial charge in [0.1, 0.15) is 22.8 Å². The lowest BCUT2D eigenvalue weighted by Crippen LogP contribution is -2.11. The predicted molar refractivity (Wildman–Crippen MR) is 69.4 cm³/mol. The van der Waals surface area contributed by atoms with Crippen molar-refractivity contribution in [2.45, 2.75) is 19.2 Å². The number of aromatic nitrogens is 1. The fourth-order valence-electron chi connectivity index (χ4n) is 1.85. The van der Waals surface area contributed by atoms with Crippen LogP contribution < -0.4 is 0 Å². The standard InChI is InChI=1S/C14H10ClF4NO/c1-7-2-4-10(16)9(6-7)12(21)8-3-5-11(14(17,18)19)20-13(8)15/h2-6,12,21H,1H3. The van der Waals surface area contributed by atoms with E-state index in [1.165, 1.54) is 18.2 Å². The van der Waals surface area contributed by atoms with Gasteiger partial charge in [0.05, 0.1) is 0 Å². The molecule has 0 amide bonds. The van der Waals surface area contributed by atoms with Crippen LogP contribution in [0.25, 0.3) is 0 Å². The molecule has 1 heterocycles. The molecule has 0 radical (unpaired) electrons. The van der Waals surface area contributed by atoms with Gasteiger partial charge in [0, 0.05) is 11.1 Å². The zero-order chi connectivity index (χ0) is 15.8. The van der Waals surface area contributed by atoms with E-state index < -0.39 is 28.9 Å². The Morgan fingerprint density at radius 3 is 2.38 bits per heavy atom. The lowest BCUT2D eigenvalue weighted by atomic mass is 10.0. The van der Waals surface area contributed by atoms with Crippen molar-refractivity contribution in [3.05, 3.63) is 63.7 Å². The molecule has 1 aromatic heterocycles. The highest BCUT2D eigenvalue weighted by atomic mass is 35.5. The number of pyridine rings is 1. The molecule has 0 spiro atoms. The van der Waals surface area contributed by atoms with Crippen molar-refractivity contribution in [1.29, 1.82) is 0 Å². The number of aryl methyl sites for hydroxylation is 1. The van der Waals surface area contributed by atoms with Crippen molar-refractivity contribution in [3.8, 4) is 0 Å². The molecule has 0 aliphatic rings. The van der Waals surface area contributed by atoms with E-state index in [2.05, 4.69) is 4.98 Å². The number of benzene rings is 1. The minimum atomic E-state index is -4.64. The lowest BCUT2D eigenvalue weighted by Gasteiger charge is -2.15. The van der Waals surface area contributed by atoms with Gasteiger partial charge in [-0.1, -0.05) is 35.4 Å². The first-order valence-electron chi connectivity index (χ1n) is 5.88. The summed E-state index contributed by atoms with van der Waals surface area (Å²) in [5.41, 5.74) is -0.637. The van der Waals surface area contributed by atoms with Crippen LogP contribution in [0.2, 0.25) is 5.15 Å². The summed E-state index contributed by atoms with van der Waals surface area (Å²) in [6.07, 6.45) is -6.13. The van der Waals surface area contributed by atoms with E-state index in [0.717, 1.165) is 6.07 Å². The number of aliphatic hydroxyl groups is 1. The molecule has 0 bridgehead atoms. The molecule has 0 saturated carbocycles. The Hall–Kier alpha value is -1.66. The van der Waals surface area contributed by atoms with Crippen molar-refractivity contribution in [2.75, 3.05) is 0 Å². The number of rotatable bonds is 2. The second-order valence-corrected chi connectivity index (χ2v) is 4.86. The van der Waals surface area contributed by atoms with Crippen molar-refractivity contribution in [1.82, 2.24) is 4.98 Å². The highest BCUT2D eigenvalue weighted by molar-refractivity contribution is 6.30. The van der Waals surface area contributed by atoms with Gasteiger partial charge in [0.15, 0.2) is 0 Å². The third kappa shape index (κ3) is 3.33. The second kappa shape index (κ2) is 5.61. The normalized spacial score (nSPS) is 13.3. The first-order chi connectivity index (χ1) is 9.70. The molecule has 1 aromatic carbocycles. The Kier molecular flexibility index (Phi) is 4.20. The van der Waals surface area contributed by atoms with E-state index >= 15 is 0 Å². The summed E-state index contributed by atoms with van der Waals surface area (Å²) in [6.45, 7) is 1.70. The van der Waals surface area contributed by atoms with Gasteiger partial charge < -0.3 is 5.11 Å². The predicted octanol–water partition coefficient (Wildman–Crippen LogP) is 4.28. The molecule has 2 nitrogen and oxygen atoms in total. The Labute approximate surface area is 123 Å². The molecule has 0 aliphatic heterocycles. The topological polar surface area (TPSA) is 33.1 Å². The van der Waals surface area contributed by atoms with E-state index in [9.17, 15) is 22.7 Å². The SMILES string of the molecule is Cc1ccc(F)c(C(O)c2ccc(C(F)(F)F)nc2Cl)c1. The van der Waals surface area contributed by atoms with E-state index in [1.54, 1.807) is 6.92 Å². The van der Waals surface area contributed by atoms with Gasteiger partial charge in [-0.3, -0.25) is 0 Å². The number of aliphatic hydroxyl groups excluding tert-OH is 1. The molecule has 0 fully saturated rings. The summed E-state index contributed by atoms with van der Waals surface area (Å²) in [4.78, 5) is 3.20. The number of halogens is 5. The smallest absolute Gasteiger partial charge is 0.383 e. The monoisotopic (exact) mass is 319 g/mol. The van der Waals surface area contributed by atoms with Gasteiger partial charge in [-0.2, -0.15) is 13.2 Å². The third-order valence-corrected chi connectivity index (χ3v) is 3.21. The van der Waals surface area contributed by atoms with E-state index in [0.29, 0.717) is 11.6 Å². The molecular formula is C14H10ClF4NO. The van der Waals surface area contributed by atoms with E-state index in [-0.39, 0.29) is 11.1 Å². The Morgan fingerprint density at radius 2 is 1.81 bits per heavy atom. The zero-order valence-electron chi connectivity index (χ0n) is 10.7. The van der Waals surface area contributed by atoms with Gasteiger partial charge in [-0.05, 0) is 19.1 Å². The maximum Gasteiger partial charge on any atom is 0.433 e. The Balaban J connectivity index is 2.44. The van der Waals surface area contributed by atoms with E-state index in [4.69, 9.17) is 11.6 Å². The minimum absolute atomic E-state index is 0.0709. The van der Waals surface area contributed by atoms with E-state index in [1.807, 2.05) is 0 Å². The van der Waals surface area contributed by atoms with Crippen LogP contribution in [0.5, 0.6) is 0 Å². The van der Waals surface area contributed by atoms with Gasteiger partial charge >= 0.3 is 6.18 Å². The molecule has 7 heteroatoms. The number of hydrogen-bond acceptors (Lipinski definition) is 2. The first kappa shape index (κ1) is 15.7. The number of hydrogen-bond donors (Lipinski definition) is 1. The molecule has 112 valence electrons. The molecule has 1 unspecified atom stereocenters. The molecule has 21 heavy (non-hydrogen) atoms. The Bertz CT molecular complexity index is 673. The highest BCUT2D eigenvalue weighted by Gasteiger charge is 2.33. The van der Waals surface area contributed by atoms with Crippen LogP contribution in [0.3, 0.4) is 0 Å². The number of nitrogens with zero attached hydrogens (tertiary/aromatic N) is 1. The largest absolute Gasteiger partial charge is 0.433 e. The fraction of sp³-hybridized carbons (Fsp3) is 0.214. The van der Waals surface area contributed by atoms with Crippen molar-refractivity contribution in [3.63, 3.8) is 0 Å². The van der Waals surface area contributed by atoms with Crippen LogP contribution in [0.4, 0.5) is 17.6 Å². The molecule has 0 aliphatic carbocycles. The summed E-state index contributed by atoms with van der Waals surface area (Å²) in [7, 11) is 0. The quantitative estimate of drug-likeness (QED) is 0.662. The van der Waals surface area contributed by atoms with Gasteiger partial charge in [-0.25, -0.2) is 9.37 Å². The Morgan fingerprint density at radius 1 is 1.14 bits per heavy atom. The van der Waals surface area contributed by atoms with Crippen LogP contribution in [-0.4, -0.2) is 10.1 Å². The molecule has 1 atom stereocenters.